The SMILES string of the molecule is O=C(Nc1ccc(I)cc1C(F)(F)F)c1ccc(-c2ccccc2[N+](=O)[O-])o1. The molecule has 0 aliphatic rings. The van der Waals surface area contributed by atoms with Gasteiger partial charge in [-0.25, -0.2) is 0 Å². The van der Waals surface area contributed by atoms with Gasteiger partial charge in [-0.1, -0.05) is 12.1 Å². The van der Waals surface area contributed by atoms with E-state index in [1.165, 1.54) is 36.4 Å². The lowest BCUT2D eigenvalue weighted by atomic mass is 10.1. The molecule has 0 radical (unpaired) electrons. The smallest absolute Gasteiger partial charge is 0.418 e. The van der Waals surface area contributed by atoms with E-state index in [-0.39, 0.29) is 22.8 Å². The number of para-hydroxylation sites is 1. The fourth-order valence-electron chi connectivity index (χ4n) is 2.49. The topological polar surface area (TPSA) is 85.4 Å². The number of rotatable bonds is 4. The predicted octanol–water partition coefficient (Wildman–Crippen LogP) is 5.73. The molecule has 0 aliphatic carbocycles. The summed E-state index contributed by atoms with van der Waals surface area (Å²) in [6.45, 7) is 0. The second kappa shape index (κ2) is 7.62. The molecule has 1 heterocycles. The van der Waals surface area contributed by atoms with Crippen LogP contribution in [0.25, 0.3) is 11.3 Å². The van der Waals surface area contributed by atoms with Gasteiger partial charge >= 0.3 is 6.18 Å². The van der Waals surface area contributed by atoms with Crippen molar-refractivity contribution in [3.05, 3.63) is 79.6 Å². The van der Waals surface area contributed by atoms with Crippen LogP contribution in [0.15, 0.2) is 59.0 Å². The van der Waals surface area contributed by atoms with Gasteiger partial charge in [0.05, 0.1) is 21.7 Å². The van der Waals surface area contributed by atoms with Crippen LogP contribution in [-0.2, 0) is 6.18 Å². The van der Waals surface area contributed by atoms with Gasteiger partial charge in [-0.05, 0) is 59.0 Å². The molecule has 3 aromatic rings. The summed E-state index contributed by atoms with van der Waals surface area (Å²) < 4.78 is 45.3. The van der Waals surface area contributed by atoms with E-state index in [0.717, 1.165) is 12.1 Å². The molecular weight excluding hydrogens is 492 g/mol. The highest BCUT2D eigenvalue weighted by Gasteiger charge is 2.34. The van der Waals surface area contributed by atoms with Gasteiger partial charge < -0.3 is 9.73 Å². The van der Waals surface area contributed by atoms with E-state index in [1.54, 1.807) is 28.7 Å². The molecule has 0 spiro atoms. The maximum atomic E-state index is 13.2. The molecule has 144 valence electrons. The number of nitro benzene ring substituents is 1. The zero-order valence-electron chi connectivity index (χ0n) is 13.8. The first-order valence-electron chi connectivity index (χ1n) is 7.68. The lowest BCUT2D eigenvalue weighted by Gasteiger charge is -2.13. The van der Waals surface area contributed by atoms with Crippen molar-refractivity contribution in [3.8, 4) is 11.3 Å². The molecule has 0 unspecified atom stereocenters. The number of hydrogen-bond acceptors (Lipinski definition) is 4. The number of nitrogens with one attached hydrogen (secondary N) is 1. The van der Waals surface area contributed by atoms with Gasteiger partial charge in [-0.15, -0.1) is 0 Å². The zero-order chi connectivity index (χ0) is 20.5. The van der Waals surface area contributed by atoms with E-state index in [9.17, 15) is 28.1 Å². The molecule has 10 heteroatoms. The third kappa shape index (κ3) is 4.16. The third-order valence-corrected chi connectivity index (χ3v) is 4.40. The molecule has 0 atom stereocenters. The normalized spacial score (nSPS) is 11.3. The van der Waals surface area contributed by atoms with Crippen molar-refractivity contribution in [2.45, 2.75) is 6.18 Å². The lowest BCUT2D eigenvalue weighted by molar-refractivity contribution is -0.384. The number of furan rings is 1. The molecule has 0 bridgehead atoms. The highest BCUT2D eigenvalue weighted by Crippen LogP contribution is 2.36. The van der Waals surface area contributed by atoms with Gasteiger partial charge in [0.25, 0.3) is 11.6 Å². The van der Waals surface area contributed by atoms with Crippen LogP contribution in [-0.4, -0.2) is 10.8 Å². The van der Waals surface area contributed by atoms with Crippen LogP contribution in [0.5, 0.6) is 0 Å². The fourth-order valence-corrected chi connectivity index (χ4v) is 2.98. The van der Waals surface area contributed by atoms with Crippen LogP contribution < -0.4 is 5.32 Å². The van der Waals surface area contributed by atoms with Crippen LogP contribution in [0.4, 0.5) is 24.5 Å². The van der Waals surface area contributed by atoms with E-state index < -0.39 is 28.3 Å². The van der Waals surface area contributed by atoms with E-state index in [0.29, 0.717) is 3.57 Å². The summed E-state index contributed by atoms with van der Waals surface area (Å²) >= 11 is 1.74. The van der Waals surface area contributed by atoms with E-state index >= 15 is 0 Å². The number of halogens is 4. The van der Waals surface area contributed by atoms with Gasteiger partial charge in [-0.3, -0.25) is 14.9 Å². The predicted molar refractivity (Wildman–Crippen MR) is 103 cm³/mol. The average molecular weight is 502 g/mol. The van der Waals surface area contributed by atoms with Gasteiger partial charge in [0.1, 0.15) is 5.76 Å². The quantitative estimate of drug-likeness (QED) is 0.281. The van der Waals surface area contributed by atoms with Crippen LogP contribution in [0.2, 0.25) is 0 Å². The number of alkyl halides is 3. The van der Waals surface area contributed by atoms with Gasteiger partial charge in [-0.2, -0.15) is 13.2 Å². The van der Waals surface area contributed by atoms with Gasteiger partial charge in [0.15, 0.2) is 5.76 Å². The summed E-state index contributed by atoms with van der Waals surface area (Å²) in [6.07, 6.45) is -4.65. The number of benzene rings is 2. The van der Waals surface area contributed by atoms with E-state index in [4.69, 9.17) is 4.42 Å². The van der Waals surface area contributed by atoms with Gasteiger partial charge in [0.2, 0.25) is 0 Å². The molecule has 1 aromatic heterocycles. The summed E-state index contributed by atoms with van der Waals surface area (Å²) in [5, 5.41) is 13.3. The molecule has 3 rings (SSSR count). The van der Waals surface area contributed by atoms with Crippen LogP contribution >= 0.6 is 22.6 Å². The van der Waals surface area contributed by atoms with Crippen LogP contribution in [0.1, 0.15) is 16.1 Å². The summed E-state index contributed by atoms with van der Waals surface area (Å²) in [7, 11) is 0. The maximum Gasteiger partial charge on any atom is 0.418 e. The molecule has 0 fully saturated rings. The molecule has 2 aromatic carbocycles. The molecule has 0 aliphatic heterocycles. The van der Waals surface area contributed by atoms with Crippen LogP contribution in [0, 0.1) is 13.7 Å². The molecule has 1 N–H and O–H groups in total. The summed E-state index contributed by atoms with van der Waals surface area (Å²) in [5.74, 6) is -1.13. The Morgan fingerprint density at radius 3 is 2.50 bits per heavy atom. The standard InChI is InChI=1S/C18H10F3IN2O4/c19-18(20,21)12-9-10(22)5-6-13(12)23-17(25)16-8-7-15(28-16)11-3-1-2-4-14(11)24(26)27/h1-9H,(H,23,25). The lowest BCUT2D eigenvalue weighted by Crippen LogP contribution is -2.16. The van der Waals surface area contributed by atoms with E-state index in [1.807, 2.05) is 0 Å². The number of nitro groups is 1. The Balaban J connectivity index is 1.90. The minimum Gasteiger partial charge on any atom is -0.451 e. The fraction of sp³-hybridized carbons (Fsp3) is 0.0556. The van der Waals surface area contributed by atoms with E-state index in [2.05, 4.69) is 5.32 Å². The van der Waals surface area contributed by atoms with Crippen molar-refractivity contribution >= 4 is 39.9 Å². The minimum atomic E-state index is -4.65. The summed E-state index contributed by atoms with van der Waals surface area (Å²) in [5.41, 5.74) is -1.47. The summed E-state index contributed by atoms with van der Waals surface area (Å²) in [6, 6.07) is 11.8. The van der Waals surface area contributed by atoms with Crippen molar-refractivity contribution in [2.75, 3.05) is 5.32 Å². The second-order valence-electron chi connectivity index (χ2n) is 5.58. The first kappa shape index (κ1) is 19.9. The number of nitrogens with zero attached hydrogens (tertiary/aromatic N) is 1. The number of anilines is 1. The number of amides is 1. The largest absolute Gasteiger partial charge is 0.451 e. The molecule has 0 saturated heterocycles. The minimum absolute atomic E-state index is 0.0519. The maximum absolute atomic E-state index is 13.2. The Labute approximate surface area is 169 Å². The number of carbonyl (C=O) groups excluding carboxylic acids is 1. The molecule has 28 heavy (non-hydrogen) atoms. The second-order valence-corrected chi connectivity index (χ2v) is 6.83. The van der Waals surface area contributed by atoms with Crippen molar-refractivity contribution in [1.29, 1.82) is 0 Å². The first-order valence-corrected chi connectivity index (χ1v) is 8.76. The molecule has 0 saturated carbocycles. The third-order valence-electron chi connectivity index (χ3n) is 3.73. The number of hydrogen-bond donors (Lipinski definition) is 1. The average Bonchev–Trinajstić information content (AvgIpc) is 3.12. The number of carbonyl (C=O) groups is 1. The van der Waals surface area contributed by atoms with Gasteiger partial charge in [0, 0.05) is 9.64 Å². The Hall–Kier alpha value is -2.89. The molecular formula is C18H10F3IN2O4. The summed E-state index contributed by atoms with van der Waals surface area (Å²) in [4.78, 5) is 22.8. The monoisotopic (exact) mass is 502 g/mol. The first-order chi connectivity index (χ1) is 13.2. The Morgan fingerprint density at radius 1 is 1.11 bits per heavy atom. The Bertz CT molecular complexity index is 1060. The highest BCUT2D eigenvalue weighted by atomic mass is 127. The van der Waals surface area contributed by atoms with Crippen molar-refractivity contribution in [1.82, 2.24) is 0 Å². The zero-order valence-corrected chi connectivity index (χ0v) is 15.9. The van der Waals surface area contributed by atoms with Crippen molar-refractivity contribution < 1.29 is 27.3 Å². The highest BCUT2D eigenvalue weighted by molar-refractivity contribution is 14.1. The molecule has 6 nitrogen and oxygen atoms in total. The van der Waals surface area contributed by atoms with Crippen molar-refractivity contribution in [2.24, 2.45) is 0 Å². The van der Waals surface area contributed by atoms with Crippen LogP contribution in [0.3, 0.4) is 0 Å². The Kier molecular flexibility index (Phi) is 5.40. The van der Waals surface area contributed by atoms with Crippen molar-refractivity contribution in [3.63, 3.8) is 0 Å². The molecule has 1 amide bonds. The Morgan fingerprint density at radius 2 is 1.82 bits per heavy atom.